The van der Waals surface area contributed by atoms with E-state index >= 15 is 0 Å². The normalized spacial score (nSPS) is 17.1. The Hall–Kier alpha value is -0.820. The molecule has 1 aromatic carbocycles. The Labute approximate surface area is 139 Å². The van der Waals surface area contributed by atoms with Gasteiger partial charge in [0.15, 0.2) is 0 Å². The third kappa shape index (κ3) is 4.59. The van der Waals surface area contributed by atoms with E-state index in [0.29, 0.717) is 13.1 Å². The molecule has 0 saturated carbocycles. The Morgan fingerprint density at radius 2 is 1.77 bits per heavy atom. The molecule has 8 heteroatoms. The van der Waals surface area contributed by atoms with E-state index in [1.807, 2.05) is 4.90 Å². The molecule has 0 aromatic heterocycles. The summed E-state index contributed by atoms with van der Waals surface area (Å²) in [4.78, 5) is 1.92. The van der Waals surface area contributed by atoms with Crippen molar-refractivity contribution in [1.29, 1.82) is 0 Å². The van der Waals surface area contributed by atoms with Crippen molar-refractivity contribution >= 4 is 24.8 Å². The van der Waals surface area contributed by atoms with E-state index in [1.165, 1.54) is 18.2 Å². The number of rotatable bonds is 3. The third-order valence-corrected chi connectivity index (χ3v) is 3.42. The van der Waals surface area contributed by atoms with Crippen LogP contribution in [0.2, 0.25) is 0 Å². The van der Waals surface area contributed by atoms with Crippen LogP contribution in [-0.4, -0.2) is 31.1 Å². The van der Waals surface area contributed by atoms with Gasteiger partial charge in [0.1, 0.15) is 5.82 Å². The summed E-state index contributed by atoms with van der Waals surface area (Å²) >= 11 is 0. The van der Waals surface area contributed by atoms with Gasteiger partial charge in [-0.2, -0.15) is 13.2 Å². The number of nitrogens with zero attached hydrogens (tertiary/aromatic N) is 1. The molecule has 1 fully saturated rings. The molecule has 0 amide bonds. The van der Waals surface area contributed by atoms with Gasteiger partial charge in [-0.3, -0.25) is 4.90 Å². The number of hydrogen-bond acceptors (Lipinski definition) is 2. The lowest BCUT2D eigenvalue weighted by Crippen LogP contribution is -2.44. The van der Waals surface area contributed by atoms with E-state index in [4.69, 9.17) is 0 Å². The molecule has 0 aliphatic carbocycles. The molecular formula is C14H18Cl2F4N2. The lowest BCUT2D eigenvalue weighted by Gasteiger charge is -2.33. The maximum absolute atomic E-state index is 14.2. The van der Waals surface area contributed by atoms with Crippen molar-refractivity contribution in [3.8, 4) is 0 Å². The van der Waals surface area contributed by atoms with Crippen LogP contribution in [0.5, 0.6) is 0 Å². The van der Waals surface area contributed by atoms with Crippen LogP contribution in [0.25, 0.3) is 0 Å². The van der Waals surface area contributed by atoms with Crippen molar-refractivity contribution in [2.75, 3.05) is 26.2 Å². The lowest BCUT2D eigenvalue weighted by atomic mass is 10.0. The largest absolute Gasteiger partial charge is 0.419 e. The van der Waals surface area contributed by atoms with Gasteiger partial charge >= 0.3 is 6.18 Å². The highest BCUT2D eigenvalue weighted by Gasteiger charge is 2.36. The highest BCUT2D eigenvalue weighted by Crippen LogP contribution is 2.35. The molecule has 0 bridgehead atoms. The number of nitrogens with one attached hydrogen (secondary N) is 1. The average Bonchev–Trinajstić information content (AvgIpc) is 2.41. The van der Waals surface area contributed by atoms with Crippen molar-refractivity contribution in [3.05, 3.63) is 47.8 Å². The van der Waals surface area contributed by atoms with E-state index in [0.717, 1.165) is 19.2 Å². The van der Waals surface area contributed by atoms with Gasteiger partial charge in [0.2, 0.25) is 0 Å². The number of benzene rings is 1. The molecule has 2 nitrogen and oxygen atoms in total. The SMILES string of the molecule is C=C[C@@H](c1cccc(C(F)(F)F)c1F)N1CCNCC1.Cl.Cl. The first-order valence-corrected chi connectivity index (χ1v) is 6.38. The minimum atomic E-state index is -4.69. The Morgan fingerprint density at radius 1 is 1.18 bits per heavy atom. The molecule has 1 atom stereocenters. The van der Waals surface area contributed by atoms with Crippen LogP contribution in [0.4, 0.5) is 17.6 Å². The summed E-state index contributed by atoms with van der Waals surface area (Å²) in [5.74, 6) is -1.21. The van der Waals surface area contributed by atoms with Crippen LogP contribution in [0.3, 0.4) is 0 Å². The first kappa shape index (κ1) is 21.2. The first-order valence-electron chi connectivity index (χ1n) is 6.38. The van der Waals surface area contributed by atoms with Gasteiger partial charge in [-0.1, -0.05) is 18.2 Å². The van der Waals surface area contributed by atoms with E-state index in [2.05, 4.69) is 11.9 Å². The Bertz CT molecular complexity index is 488. The summed E-state index contributed by atoms with van der Waals surface area (Å²) in [6.07, 6.45) is -3.20. The number of hydrogen-bond donors (Lipinski definition) is 1. The second kappa shape index (κ2) is 8.72. The van der Waals surface area contributed by atoms with E-state index in [9.17, 15) is 17.6 Å². The third-order valence-electron chi connectivity index (χ3n) is 3.42. The van der Waals surface area contributed by atoms with Crippen LogP contribution in [-0.2, 0) is 6.18 Å². The Balaban J connectivity index is 0.00000220. The van der Waals surface area contributed by atoms with Crippen molar-refractivity contribution in [3.63, 3.8) is 0 Å². The molecule has 0 unspecified atom stereocenters. The first-order chi connectivity index (χ1) is 9.45. The van der Waals surface area contributed by atoms with Crippen molar-refractivity contribution in [2.45, 2.75) is 12.2 Å². The predicted molar refractivity (Wildman–Crippen MR) is 83.3 cm³/mol. The molecule has 1 heterocycles. The van der Waals surface area contributed by atoms with Gasteiger partial charge in [-0.15, -0.1) is 31.4 Å². The molecule has 1 aliphatic heterocycles. The second-order valence-electron chi connectivity index (χ2n) is 4.67. The predicted octanol–water partition coefficient (Wildman–Crippen LogP) is 3.82. The quantitative estimate of drug-likeness (QED) is 0.651. The van der Waals surface area contributed by atoms with Gasteiger partial charge in [0.25, 0.3) is 0 Å². The van der Waals surface area contributed by atoms with E-state index in [-0.39, 0.29) is 30.4 Å². The minimum Gasteiger partial charge on any atom is -0.314 e. The van der Waals surface area contributed by atoms with Crippen LogP contribution < -0.4 is 5.32 Å². The average molecular weight is 361 g/mol. The van der Waals surface area contributed by atoms with Crippen LogP contribution in [0.15, 0.2) is 30.9 Å². The Kier molecular flexibility index (Phi) is 8.39. The zero-order chi connectivity index (χ0) is 14.8. The summed E-state index contributed by atoms with van der Waals surface area (Å²) in [7, 11) is 0. The summed E-state index contributed by atoms with van der Waals surface area (Å²) in [6.45, 7) is 6.38. The molecule has 2 rings (SSSR count). The van der Waals surface area contributed by atoms with Crippen molar-refractivity contribution in [1.82, 2.24) is 10.2 Å². The number of piperazine rings is 1. The highest BCUT2D eigenvalue weighted by atomic mass is 35.5. The van der Waals surface area contributed by atoms with Crippen molar-refractivity contribution in [2.24, 2.45) is 0 Å². The standard InChI is InChI=1S/C14H16F4N2.2ClH/c1-2-12(20-8-6-19-7-9-20)10-4-3-5-11(13(10)15)14(16,17)18;;/h2-5,12,19H,1,6-9H2;2*1H/t12-;;/m0../s1. The topological polar surface area (TPSA) is 15.3 Å². The van der Waals surface area contributed by atoms with Gasteiger partial charge < -0.3 is 5.32 Å². The molecule has 1 aliphatic rings. The zero-order valence-corrected chi connectivity index (χ0v) is 13.3. The van der Waals surface area contributed by atoms with E-state index < -0.39 is 23.6 Å². The fourth-order valence-corrected chi connectivity index (χ4v) is 2.43. The summed E-state index contributed by atoms with van der Waals surface area (Å²) < 4.78 is 52.4. The molecule has 0 spiro atoms. The smallest absolute Gasteiger partial charge is 0.314 e. The molecular weight excluding hydrogens is 343 g/mol. The van der Waals surface area contributed by atoms with Crippen molar-refractivity contribution < 1.29 is 17.6 Å². The highest BCUT2D eigenvalue weighted by molar-refractivity contribution is 5.85. The molecule has 1 saturated heterocycles. The number of halogens is 6. The van der Waals surface area contributed by atoms with Gasteiger partial charge in [0.05, 0.1) is 11.6 Å². The molecule has 1 aromatic rings. The summed E-state index contributed by atoms with van der Waals surface area (Å²) in [6, 6.07) is 2.84. The monoisotopic (exact) mass is 360 g/mol. The fraction of sp³-hybridized carbons (Fsp3) is 0.429. The summed E-state index contributed by atoms with van der Waals surface area (Å²) in [5, 5.41) is 3.15. The fourth-order valence-electron chi connectivity index (χ4n) is 2.43. The Morgan fingerprint density at radius 3 is 2.27 bits per heavy atom. The van der Waals surface area contributed by atoms with Crippen LogP contribution in [0.1, 0.15) is 17.2 Å². The summed E-state index contributed by atoms with van der Waals surface area (Å²) in [5.41, 5.74) is -1.20. The van der Waals surface area contributed by atoms with Crippen LogP contribution >= 0.6 is 24.8 Å². The van der Waals surface area contributed by atoms with Gasteiger partial charge in [0, 0.05) is 31.7 Å². The second-order valence-corrected chi connectivity index (χ2v) is 4.67. The molecule has 126 valence electrons. The molecule has 1 N–H and O–H groups in total. The molecule has 0 radical (unpaired) electrons. The number of alkyl halides is 3. The minimum absolute atomic E-state index is 0. The van der Waals surface area contributed by atoms with Gasteiger partial charge in [-0.25, -0.2) is 4.39 Å². The maximum Gasteiger partial charge on any atom is 0.419 e. The van der Waals surface area contributed by atoms with Gasteiger partial charge in [-0.05, 0) is 6.07 Å². The molecule has 22 heavy (non-hydrogen) atoms. The zero-order valence-electron chi connectivity index (χ0n) is 11.7. The van der Waals surface area contributed by atoms with Crippen LogP contribution in [0, 0.1) is 5.82 Å². The lowest BCUT2D eigenvalue weighted by molar-refractivity contribution is -0.140. The maximum atomic E-state index is 14.2. The van der Waals surface area contributed by atoms with E-state index in [1.54, 1.807) is 0 Å².